The molecule has 7 heteroatoms. The second-order valence-corrected chi connectivity index (χ2v) is 8.91. The number of anilines is 1. The van der Waals surface area contributed by atoms with E-state index in [-0.39, 0.29) is 17.8 Å². The molecule has 0 bridgehead atoms. The first-order valence-electron chi connectivity index (χ1n) is 10.4. The topological polar surface area (TPSA) is 39.7 Å². The van der Waals surface area contributed by atoms with Crippen LogP contribution >= 0.6 is 11.3 Å². The van der Waals surface area contributed by atoms with E-state index in [1.54, 1.807) is 16.2 Å². The fourth-order valence-electron chi connectivity index (χ4n) is 3.98. The average Bonchev–Trinajstić information content (AvgIpc) is 2.99. The third-order valence-electron chi connectivity index (χ3n) is 5.71. The molecule has 1 unspecified atom stereocenters. The van der Waals surface area contributed by atoms with Gasteiger partial charge in [0.05, 0.1) is 22.8 Å². The van der Waals surface area contributed by atoms with Crippen LogP contribution in [0, 0.1) is 5.82 Å². The third kappa shape index (κ3) is 4.63. The molecule has 4 rings (SSSR count). The number of hydrogen-bond acceptors (Lipinski definition) is 5. The van der Waals surface area contributed by atoms with Gasteiger partial charge in [0, 0.05) is 38.9 Å². The number of benzene rings is 2. The summed E-state index contributed by atoms with van der Waals surface area (Å²) in [6.45, 7) is 5.93. The predicted molar refractivity (Wildman–Crippen MR) is 120 cm³/mol. The fourth-order valence-corrected chi connectivity index (χ4v) is 5.00. The Labute approximate surface area is 180 Å². The van der Waals surface area contributed by atoms with Gasteiger partial charge in [0.2, 0.25) is 5.91 Å². The molecule has 1 aliphatic rings. The minimum atomic E-state index is -0.217. The Bertz CT molecular complexity index is 973. The van der Waals surface area contributed by atoms with Gasteiger partial charge in [-0.05, 0) is 49.7 Å². The monoisotopic (exact) mass is 426 g/mol. The second-order valence-electron chi connectivity index (χ2n) is 7.80. The van der Waals surface area contributed by atoms with Crippen molar-refractivity contribution in [3.05, 3.63) is 59.4 Å². The highest BCUT2D eigenvalue weighted by Gasteiger charge is 2.26. The van der Waals surface area contributed by atoms with Crippen LogP contribution in [0.5, 0.6) is 0 Å². The second kappa shape index (κ2) is 9.10. The van der Waals surface area contributed by atoms with Gasteiger partial charge >= 0.3 is 0 Å². The molecule has 1 fully saturated rings. The molecule has 1 saturated heterocycles. The zero-order valence-electron chi connectivity index (χ0n) is 17.4. The largest absolute Gasteiger partial charge is 0.370 e. The van der Waals surface area contributed by atoms with Crippen molar-refractivity contribution >= 4 is 33.1 Å². The zero-order valence-corrected chi connectivity index (χ0v) is 18.2. The van der Waals surface area contributed by atoms with Crippen LogP contribution in [-0.2, 0) is 11.3 Å². The summed E-state index contributed by atoms with van der Waals surface area (Å²) < 4.78 is 14.4. The standard InChI is InChI=1S/C23H27FN4OS/c1-17(23(29)26(2)16-22-25-20-6-3-4-7-21(20)30-22)27-12-5-13-28(15-14-27)19-10-8-18(24)9-11-19/h3-4,6-11,17H,5,12-16H2,1-2H3. The highest BCUT2D eigenvalue weighted by Crippen LogP contribution is 2.23. The minimum absolute atomic E-state index is 0.115. The molecule has 2 heterocycles. The van der Waals surface area contributed by atoms with Crippen LogP contribution < -0.4 is 4.90 Å². The molecule has 1 aliphatic heterocycles. The summed E-state index contributed by atoms with van der Waals surface area (Å²) in [5.74, 6) is -0.102. The van der Waals surface area contributed by atoms with Crippen LogP contribution in [0.3, 0.4) is 0 Å². The maximum absolute atomic E-state index is 13.2. The van der Waals surface area contributed by atoms with E-state index in [0.29, 0.717) is 6.54 Å². The molecule has 0 spiro atoms. The Morgan fingerprint density at radius 1 is 1.13 bits per heavy atom. The Kier molecular flexibility index (Phi) is 6.29. The molecule has 5 nitrogen and oxygen atoms in total. The molecule has 1 atom stereocenters. The average molecular weight is 427 g/mol. The number of carbonyl (C=O) groups excluding carboxylic acids is 1. The molecule has 0 radical (unpaired) electrons. The summed E-state index contributed by atoms with van der Waals surface area (Å²) in [4.78, 5) is 24.0. The molecule has 158 valence electrons. The van der Waals surface area contributed by atoms with E-state index in [1.165, 1.54) is 12.1 Å². The maximum atomic E-state index is 13.2. The predicted octanol–water partition coefficient (Wildman–Crippen LogP) is 3.99. The van der Waals surface area contributed by atoms with Crippen molar-refractivity contribution in [2.75, 3.05) is 38.1 Å². The van der Waals surface area contributed by atoms with Crippen molar-refractivity contribution in [2.45, 2.75) is 25.9 Å². The van der Waals surface area contributed by atoms with Crippen molar-refractivity contribution in [1.82, 2.24) is 14.8 Å². The summed E-state index contributed by atoms with van der Waals surface area (Å²) >= 11 is 1.64. The highest BCUT2D eigenvalue weighted by molar-refractivity contribution is 7.18. The smallest absolute Gasteiger partial charge is 0.239 e. The molecular weight excluding hydrogens is 399 g/mol. The Morgan fingerprint density at radius 3 is 2.67 bits per heavy atom. The first kappa shape index (κ1) is 20.8. The highest BCUT2D eigenvalue weighted by atomic mass is 32.1. The molecule has 1 aromatic heterocycles. The molecule has 0 N–H and O–H groups in total. The van der Waals surface area contributed by atoms with Gasteiger partial charge in [-0.3, -0.25) is 9.69 Å². The summed E-state index contributed by atoms with van der Waals surface area (Å²) in [6, 6.07) is 14.5. The molecule has 0 aliphatic carbocycles. The van der Waals surface area contributed by atoms with E-state index in [2.05, 4.69) is 20.9 Å². The van der Waals surface area contributed by atoms with Gasteiger partial charge < -0.3 is 9.80 Å². The molecule has 2 aromatic carbocycles. The van der Waals surface area contributed by atoms with Crippen LogP contribution in [0.15, 0.2) is 48.5 Å². The Hall–Kier alpha value is -2.51. The number of likely N-dealkylation sites (N-methyl/N-ethyl adjacent to an activating group) is 1. The van der Waals surface area contributed by atoms with Gasteiger partial charge in [-0.1, -0.05) is 12.1 Å². The quantitative estimate of drug-likeness (QED) is 0.618. The maximum Gasteiger partial charge on any atom is 0.239 e. The normalized spacial score (nSPS) is 16.4. The van der Waals surface area contributed by atoms with E-state index >= 15 is 0 Å². The Morgan fingerprint density at radius 2 is 1.90 bits per heavy atom. The Balaban J connectivity index is 1.36. The van der Waals surface area contributed by atoms with E-state index < -0.39 is 0 Å². The number of hydrogen-bond donors (Lipinski definition) is 0. The number of halogens is 1. The van der Waals surface area contributed by atoms with Gasteiger partial charge in [-0.2, -0.15) is 0 Å². The summed E-state index contributed by atoms with van der Waals surface area (Å²) in [7, 11) is 1.85. The van der Waals surface area contributed by atoms with Crippen molar-refractivity contribution in [3.8, 4) is 0 Å². The van der Waals surface area contributed by atoms with Crippen LogP contribution in [0.1, 0.15) is 18.4 Å². The van der Waals surface area contributed by atoms with Crippen molar-refractivity contribution in [1.29, 1.82) is 0 Å². The van der Waals surface area contributed by atoms with Crippen LogP contribution in [0.4, 0.5) is 10.1 Å². The molecular formula is C23H27FN4OS. The van der Waals surface area contributed by atoms with Crippen LogP contribution in [-0.4, -0.2) is 60.0 Å². The van der Waals surface area contributed by atoms with Gasteiger partial charge in [0.15, 0.2) is 0 Å². The number of amides is 1. The number of rotatable bonds is 5. The van der Waals surface area contributed by atoms with Gasteiger partial charge in [0.25, 0.3) is 0 Å². The number of aromatic nitrogens is 1. The third-order valence-corrected chi connectivity index (χ3v) is 6.74. The number of nitrogens with zero attached hydrogens (tertiary/aromatic N) is 4. The van der Waals surface area contributed by atoms with Gasteiger partial charge in [-0.25, -0.2) is 9.37 Å². The van der Waals surface area contributed by atoms with Gasteiger partial charge in [-0.15, -0.1) is 11.3 Å². The number of thiazole rings is 1. The van der Waals surface area contributed by atoms with E-state index in [9.17, 15) is 9.18 Å². The van der Waals surface area contributed by atoms with Crippen molar-refractivity contribution in [2.24, 2.45) is 0 Å². The van der Waals surface area contributed by atoms with Crippen molar-refractivity contribution in [3.63, 3.8) is 0 Å². The fraction of sp³-hybridized carbons (Fsp3) is 0.391. The SMILES string of the molecule is CC(C(=O)N(C)Cc1nc2ccccc2s1)N1CCCN(c2ccc(F)cc2)CC1. The molecule has 1 amide bonds. The first-order valence-corrected chi connectivity index (χ1v) is 11.2. The number of para-hydroxylation sites is 1. The lowest BCUT2D eigenvalue weighted by atomic mass is 10.2. The number of carbonyl (C=O) groups is 1. The first-order chi connectivity index (χ1) is 14.5. The number of fused-ring (bicyclic) bond motifs is 1. The van der Waals surface area contributed by atoms with E-state index in [1.807, 2.05) is 44.3 Å². The lowest BCUT2D eigenvalue weighted by molar-refractivity contribution is -0.135. The lowest BCUT2D eigenvalue weighted by Crippen LogP contribution is -2.46. The van der Waals surface area contributed by atoms with E-state index in [0.717, 1.165) is 53.5 Å². The van der Waals surface area contributed by atoms with Crippen LogP contribution in [0.2, 0.25) is 0 Å². The zero-order chi connectivity index (χ0) is 21.1. The molecule has 30 heavy (non-hydrogen) atoms. The van der Waals surface area contributed by atoms with Crippen LogP contribution in [0.25, 0.3) is 10.2 Å². The van der Waals surface area contributed by atoms with Gasteiger partial charge in [0.1, 0.15) is 10.8 Å². The van der Waals surface area contributed by atoms with Crippen molar-refractivity contribution < 1.29 is 9.18 Å². The molecule has 3 aromatic rings. The summed E-state index contributed by atoms with van der Waals surface area (Å²) in [5, 5.41) is 0.956. The summed E-state index contributed by atoms with van der Waals surface area (Å²) in [6.07, 6.45) is 0.969. The molecule has 0 saturated carbocycles. The lowest BCUT2D eigenvalue weighted by Gasteiger charge is -2.30. The van der Waals surface area contributed by atoms with E-state index in [4.69, 9.17) is 0 Å². The summed E-state index contributed by atoms with van der Waals surface area (Å²) in [5.41, 5.74) is 2.02. The minimum Gasteiger partial charge on any atom is -0.370 e.